The first-order valence-corrected chi connectivity index (χ1v) is 6.96. The number of ether oxygens (including phenoxy) is 1. The van der Waals surface area contributed by atoms with Gasteiger partial charge >= 0.3 is 0 Å². The molecular weight excluding hydrogens is 234 g/mol. The molecule has 1 aliphatic heterocycles. The summed E-state index contributed by atoms with van der Waals surface area (Å²) in [4.78, 5) is 3.71. The van der Waals surface area contributed by atoms with Crippen LogP contribution in [0.15, 0.2) is 17.5 Å². The highest BCUT2D eigenvalue weighted by atomic mass is 32.1. The fraction of sp³-hybridized carbons (Fsp3) is 0.667. The highest BCUT2D eigenvalue weighted by Gasteiger charge is 2.25. The third-order valence-corrected chi connectivity index (χ3v) is 4.18. The largest absolute Gasteiger partial charge is 0.374 e. The molecule has 3 N–H and O–H groups in total. The molecule has 0 radical (unpaired) electrons. The van der Waals surface area contributed by atoms with Gasteiger partial charge in [-0.1, -0.05) is 6.07 Å². The fourth-order valence-electron chi connectivity index (χ4n) is 2.18. The van der Waals surface area contributed by atoms with Gasteiger partial charge in [-0.2, -0.15) is 0 Å². The van der Waals surface area contributed by atoms with Crippen LogP contribution in [0.25, 0.3) is 0 Å². The molecule has 2 atom stereocenters. The summed E-state index contributed by atoms with van der Waals surface area (Å²) in [5.74, 6) is 5.64. The normalized spacial score (nSPS) is 23.8. The van der Waals surface area contributed by atoms with E-state index in [-0.39, 0.29) is 12.1 Å². The number of nitrogens with two attached hydrogens (primary N) is 1. The summed E-state index contributed by atoms with van der Waals surface area (Å²) in [5.41, 5.74) is 2.91. The molecule has 96 valence electrons. The van der Waals surface area contributed by atoms with Crippen LogP contribution in [0.2, 0.25) is 0 Å². The van der Waals surface area contributed by atoms with Crippen molar-refractivity contribution >= 4 is 11.3 Å². The lowest BCUT2D eigenvalue weighted by Gasteiger charge is -2.34. The molecule has 0 aliphatic carbocycles. The summed E-state index contributed by atoms with van der Waals surface area (Å²) in [6, 6.07) is 4.50. The number of hydrazine groups is 1. The maximum atomic E-state index is 5.79. The SMILES string of the molecule is CN1CCOC(C(CCc2cccs2)NN)C1. The minimum absolute atomic E-state index is 0.207. The van der Waals surface area contributed by atoms with Gasteiger partial charge in [0.25, 0.3) is 0 Å². The van der Waals surface area contributed by atoms with Gasteiger partial charge in [0.05, 0.1) is 12.7 Å². The lowest BCUT2D eigenvalue weighted by molar-refractivity contribution is -0.0398. The Labute approximate surface area is 107 Å². The molecule has 2 heterocycles. The van der Waals surface area contributed by atoms with Crippen molar-refractivity contribution in [2.45, 2.75) is 25.0 Å². The minimum atomic E-state index is 0.207. The van der Waals surface area contributed by atoms with Crippen LogP contribution in [0.3, 0.4) is 0 Å². The lowest BCUT2D eigenvalue weighted by Crippen LogP contribution is -2.53. The van der Waals surface area contributed by atoms with E-state index in [1.807, 2.05) is 0 Å². The average Bonchev–Trinajstić information content (AvgIpc) is 2.83. The van der Waals surface area contributed by atoms with Gasteiger partial charge in [-0.25, -0.2) is 0 Å². The third-order valence-electron chi connectivity index (χ3n) is 3.24. The second-order valence-electron chi connectivity index (χ2n) is 4.56. The summed E-state index contributed by atoms with van der Waals surface area (Å²) in [6.45, 7) is 2.77. The predicted molar refractivity (Wildman–Crippen MR) is 71.0 cm³/mol. The number of hydrogen-bond acceptors (Lipinski definition) is 5. The van der Waals surface area contributed by atoms with E-state index in [0.29, 0.717) is 0 Å². The Balaban J connectivity index is 1.83. The zero-order chi connectivity index (χ0) is 12.1. The van der Waals surface area contributed by atoms with Crippen LogP contribution in [0.4, 0.5) is 0 Å². The molecule has 1 saturated heterocycles. The van der Waals surface area contributed by atoms with Gasteiger partial charge in [-0.05, 0) is 31.3 Å². The molecule has 0 spiro atoms. The zero-order valence-electron chi connectivity index (χ0n) is 10.3. The molecule has 4 nitrogen and oxygen atoms in total. The lowest BCUT2D eigenvalue weighted by atomic mass is 10.0. The molecule has 1 aromatic rings. The Morgan fingerprint density at radius 2 is 2.59 bits per heavy atom. The molecule has 1 fully saturated rings. The van der Waals surface area contributed by atoms with Crippen molar-refractivity contribution in [3.8, 4) is 0 Å². The second kappa shape index (κ2) is 6.47. The molecule has 5 heteroatoms. The highest BCUT2D eigenvalue weighted by molar-refractivity contribution is 7.09. The first-order chi connectivity index (χ1) is 8.29. The summed E-state index contributed by atoms with van der Waals surface area (Å²) in [7, 11) is 2.13. The molecule has 0 bridgehead atoms. The predicted octanol–water partition coefficient (Wildman–Crippen LogP) is 0.843. The van der Waals surface area contributed by atoms with Crippen LogP contribution in [-0.4, -0.2) is 43.8 Å². The Kier molecular flexibility index (Phi) is 4.94. The summed E-state index contributed by atoms with van der Waals surface area (Å²) < 4.78 is 5.79. The number of morpholine rings is 1. The van der Waals surface area contributed by atoms with Crippen LogP contribution in [0, 0.1) is 0 Å². The molecular formula is C12H21N3OS. The van der Waals surface area contributed by atoms with Crippen molar-refractivity contribution in [3.63, 3.8) is 0 Å². The van der Waals surface area contributed by atoms with Crippen LogP contribution in [0.1, 0.15) is 11.3 Å². The molecule has 17 heavy (non-hydrogen) atoms. The number of nitrogens with zero attached hydrogens (tertiary/aromatic N) is 1. The number of aryl methyl sites for hydroxylation is 1. The Bertz CT molecular complexity index is 318. The quantitative estimate of drug-likeness (QED) is 0.605. The molecule has 0 saturated carbocycles. The summed E-state index contributed by atoms with van der Waals surface area (Å²) in [6.07, 6.45) is 2.30. The molecule has 1 aliphatic rings. The van der Waals surface area contributed by atoms with Crippen LogP contribution < -0.4 is 11.3 Å². The second-order valence-corrected chi connectivity index (χ2v) is 5.59. The van der Waals surface area contributed by atoms with Gasteiger partial charge in [0.1, 0.15) is 0 Å². The van der Waals surface area contributed by atoms with Crippen molar-refractivity contribution in [2.24, 2.45) is 5.84 Å². The van der Waals surface area contributed by atoms with Gasteiger partial charge < -0.3 is 9.64 Å². The molecule has 0 aromatic carbocycles. The standard InChI is InChI=1S/C12H21N3OS/c1-15-6-7-16-12(9-15)11(14-13)5-4-10-3-2-8-17-10/h2-3,8,11-12,14H,4-7,9,13H2,1H3. The number of rotatable bonds is 5. The van der Waals surface area contributed by atoms with E-state index in [1.165, 1.54) is 4.88 Å². The Morgan fingerprint density at radius 1 is 1.71 bits per heavy atom. The van der Waals surface area contributed by atoms with E-state index >= 15 is 0 Å². The summed E-state index contributed by atoms with van der Waals surface area (Å²) in [5, 5.41) is 2.12. The third kappa shape index (κ3) is 3.76. The van der Waals surface area contributed by atoms with Gasteiger partial charge in [-0.3, -0.25) is 11.3 Å². The maximum Gasteiger partial charge on any atom is 0.0868 e. The van der Waals surface area contributed by atoms with E-state index in [4.69, 9.17) is 10.6 Å². The number of thiophene rings is 1. The number of likely N-dealkylation sites (N-methyl/N-ethyl adjacent to an activating group) is 1. The molecule has 1 aromatic heterocycles. The van der Waals surface area contributed by atoms with E-state index in [1.54, 1.807) is 11.3 Å². The van der Waals surface area contributed by atoms with Gasteiger partial charge in [0.2, 0.25) is 0 Å². The summed E-state index contributed by atoms with van der Waals surface area (Å²) >= 11 is 1.80. The Hall–Kier alpha value is -0.460. The van der Waals surface area contributed by atoms with Crippen molar-refractivity contribution < 1.29 is 4.74 Å². The number of nitrogens with one attached hydrogen (secondary N) is 1. The van der Waals surface area contributed by atoms with E-state index < -0.39 is 0 Å². The molecule has 0 amide bonds. The van der Waals surface area contributed by atoms with Crippen molar-refractivity contribution in [2.75, 3.05) is 26.7 Å². The molecule has 2 unspecified atom stereocenters. The van der Waals surface area contributed by atoms with Crippen molar-refractivity contribution in [1.29, 1.82) is 0 Å². The minimum Gasteiger partial charge on any atom is -0.374 e. The van der Waals surface area contributed by atoms with Crippen molar-refractivity contribution in [3.05, 3.63) is 22.4 Å². The smallest absolute Gasteiger partial charge is 0.0868 e. The van der Waals surface area contributed by atoms with E-state index in [2.05, 4.69) is 34.9 Å². The van der Waals surface area contributed by atoms with Gasteiger partial charge in [0.15, 0.2) is 0 Å². The van der Waals surface area contributed by atoms with Crippen LogP contribution >= 0.6 is 11.3 Å². The topological polar surface area (TPSA) is 50.5 Å². The van der Waals surface area contributed by atoms with Crippen molar-refractivity contribution in [1.82, 2.24) is 10.3 Å². The first kappa shape index (κ1) is 13.0. The zero-order valence-corrected chi connectivity index (χ0v) is 11.1. The average molecular weight is 255 g/mol. The van der Waals surface area contributed by atoms with Crippen LogP contribution in [-0.2, 0) is 11.2 Å². The van der Waals surface area contributed by atoms with Gasteiger partial charge in [-0.15, -0.1) is 11.3 Å². The van der Waals surface area contributed by atoms with Gasteiger partial charge in [0, 0.05) is 24.0 Å². The first-order valence-electron chi connectivity index (χ1n) is 6.08. The maximum absolute atomic E-state index is 5.79. The fourth-order valence-corrected chi connectivity index (χ4v) is 2.91. The highest BCUT2D eigenvalue weighted by Crippen LogP contribution is 2.15. The monoisotopic (exact) mass is 255 g/mol. The Morgan fingerprint density at radius 3 is 3.24 bits per heavy atom. The molecule has 2 rings (SSSR count). The number of hydrogen-bond donors (Lipinski definition) is 2. The van der Waals surface area contributed by atoms with Crippen LogP contribution in [0.5, 0.6) is 0 Å². The van der Waals surface area contributed by atoms with E-state index in [0.717, 1.165) is 32.5 Å². The van der Waals surface area contributed by atoms with E-state index in [9.17, 15) is 0 Å².